The molecular weight excluding hydrogens is 255 g/mol. The van der Waals surface area contributed by atoms with E-state index < -0.39 is 12.1 Å². The van der Waals surface area contributed by atoms with Crippen molar-refractivity contribution in [2.75, 3.05) is 0 Å². The summed E-state index contributed by atoms with van der Waals surface area (Å²) in [6.45, 7) is 1.73. The van der Waals surface area contributed by atoms with Gasteiger partial charge in [-0.1, -0.05) is 48.5 Å². The highest BCUT2D eigenvalue weighted by atomic mass is 19.1. The quantitative estimate of drug-likeness (QED) is 0.899. The highest BCUT2D eigenvalue weighted by Gasteiger charge is 2.19. The molecular formula is C16H17FN2O. The number of benzene rings is 2. The van der Waals surface area contributed by atoms with Crippen molar-refractivity contribution < 1.29 is 9.18 Å². The van der Waals surface area contributed by atoms with Crippen LogP contribution in [0.5, 0.6) is 0 Å². The normalized spacial score (nSPS) is 13.6. The highest BCUT2D eigenvalue weighted by Crippen LogP contribution is 2.17. The van der Waals surface area contributed by atoms with Crippen molar-refractivity contribution in [2.45, 2.75) is 19.0 Å². The lowest BCUT2D eigenvalue weighted by Crippen LogP contribution is -2.35. The number of carbonyl (C=O) groups is 1. The molecule has 0 saturated carbocycles. The average molecular weight is 272 g/mol. The first kappa shape index (κ1) is 14.2. The molecule has 0 aliphatic carbocycles. The third-order valence-electron chi connectivity index (χ3n) is 3.17. The second-order valence-corrected chi connectivity index (χ2v) is 4.64. The summed E-state index contributed by atoms with van der Waals surface area (Å²) in [7, 11) is 0. The third-order valence-corrected chi connectivity index (χ3v) is 3.17. The maximum atomic E-state index is 13.6. The SMILES string of the molecule is CC(NC(=O)[C@H](N)c1ccccc1)c1ccccc1F. The van der Waals surface area contributed by atoms with Crippen molar-refractivity contribution in [3.05, 3.63) is 71.5 Å². The van der Waals surface area contributed by atoms with Crippen LogP contribution in [0.3, 0.4) is 0 Å². The Labute approximate surface area is 117 Å². The number of hydrogen-bond acceptors (Lipinski definition) is 2. The van der Waals surface area contributed by atoms with Crippen molar-refractivity contribution in [1.29, 1.82) is 0 Å². The number of nitrogens with two attached hydrogens (primary N) is 1. The van der Waals surface area contributed by atoms with Crippen LogP contribution in [-0.4, -0.2) is 5.91 Å². The molecule has 0 aliphatic heterocycles. The van der Waals surface area contributed by atoms with Crippen LogP contribution < -0.4 is 11.1 Å². The average Bonchev–Trinajstić information content (AvgIpc) is 2.47. The van der Waals surface area contributed by atoms with Crippen LogP contribution in [0.4, 0.5) is 4.39 Å². The summed E-state index contributed by atoms with van der Waals surface area (Å²) in [5, 5.41) is 2.73. The summed E-state index contributed by atoms with van der Waals surface area (Å²) in [5.74, 6) is -0.666. The summed E-state index contributed by atoms with van der Waals surface area (Å²) in [6, 6.07) is 14.3. The summed E-state index contributed by atoms with van der Waals surface area (Å²) >= 11 is 0. The van der Waals surface area contributed by atoms with Gasteiger partial charge in [0.2, 0.25) is 5.91 Å². The Morgan fingerprint density at radius 3 is 2.35 bits per heavy atom. The van der Waals surface area contributed by atoms with Crippen LogP contribution in [0.15, 0.2) is 54.6 Å². The van der Waals surface area contributed by atoms with Crippen LogP contribution in [0, 0.1) is 5.82 Å². The summed E-state index contributed by atoms with van der Waals surface area (Å²) in [4.78, 5) is 12.1. The van der Waals surface area contributed by atoms with E-state index in [1.165, 1.54) is 6.07 Å². The molecule has 0 aliphatic rings. The van der Waals surface area contributed by atoms with Gasteiger partial charge in [0.25, 0.3) is 0 Å². The van der Waals surface area contributed by atoms with Crippen LogP contribution in [-0.2, 0) is 4.79 Å². The van der Waals surface area contributed by atoms with Gasteiger partial charge in [-0.25, -0.2) is 4.39 Å². The number of halogens is 1. The van der Waals surface area contributed by atoms with Crippen LogP contribution in [0.25, 0.3) is 0 Å². The molecule has 2 aromatic carbocycles. The van der Waals surface area contributed by atoms with Gasteiger partial charge in [-0.15, -0.1) is 0 Å². The van der Waals surface area contributed by atoms with Crippen molar-refractivity contribution in [3.8, 4) is 0 Å². The maximum absolute atomic E-state index is 13.6. The molecule has 20 heavy (non-hydrogen) atoms. The van der Waals surface area contributed by atoms with Crippen LogP contribution in [0.1, 0.15) is 30.1 Å². The van der Waals surface area contributed by atoms with Gasteiger partial charge in [-0.3, -0.25) is 4.79 Å². The smallest absolute Gasteiger partial charge is 0.241 e. The number of carbonyl (C=O) groups excluding carboxylic acids is 1. The minimum absolute atomic E-state index is 0.327. The van der Waals surface area contributed by atoms with E-state index in [4.69, 9.17) is 5.73 Å². The van der Waals surface area contributed by atoms with Crippen LogP contribution in [0.2, 0.25) is 0 Å². The minimum atomic E-state index is -0.759. The van der Waals surface area contributed by atoms with E-state index in [-0.39, 0.29) is 11.7 Å². The molecule has 4 heteroatoms. The maximum Gasteiger partial charge on any atom is 0.241 e. The van der Waals surface area contributed by atoms with E-state index in [1.54, 1.807) is 37.3 Å². The molecule has 0 saturated heterocycles. The second-order valence-electron chi connectivity index (χ2n) is 4.64. The van der Waals surface area contributed by atoms with Crippen molar-refractivity contribution in [3.63, 3.8) is 0 Å². The first-order valence-corrected chi connectivity index (χ1v) is 6.45. The molecule has 3 N–H and O–H groups in total. The van der Waals surface area contributed by atoms with Gasteiger partial charge in [0.1, 0.15) is 11.9 Å². The fourth-order valence-electron chi connectivity index (χ4n) is 2.02. The molecule has 2 atom stereocenters. The number of hydrogen-bond donors (Lipinski definition) is 2. The Hall–Kier alpha value is -2.20. The summed E-state index contributed by atoms with van der Waals surface area (Å²) < 4.78 is 13.6. The Bertz CT molecular complexity index is 586. The van der Waals surface area contributed by atoms with Gasteiger partial charge in [0.15, 0.2) is 0 Å². The number of nitrogens with one attached hydrogen (secondary N) is 1. The van der Waals surface area contributed by atoms with Gasteiger partial charge in [-0.05, 0) is 18.6 Å². The lowest BCUT2D eigenvalue weighted by Gasteiger charge is -2.18. The van der Waals surface area contributed by atoms with E-state index >= 15 is 0 Å². The number of amides is 1. The number of rotatable bonds is 4. The van der Waals surface area contributed by atoms with E-state index in [2.05, 4.69) is 5.32 Å². The predicted molar refractivity (Wildman–Crippen MR) is 76.3 cm³/mol. The van der Waals surface area contributed by atoms with E-state index in [9.17, 15) is 9.18 Å². The lowest BCUT2D eigenvalue weighted by molar-refractivity contribution is -0.123. The Balaban J connectivity index is 2.07. The Kier molecular flexibility index (Phi) is 4.48. The zero-order valence-corrected chi connectivity index (χ0v) is 11.2. The molecule has 0 aromatic heterocycles. The molecule has 1 unspecified atom stereocenters. The molecule has 0 heterocycles. The largest absolute Gasteiger partial charge is 0.348 e. The van der Waals surface area contributed by atoms with Crippen molar-refractivity contribution >= 4 is 5.91 Å². The summed E-state index contributed by atoms with van der Waals surface area (Å²) in [5.41, 5.74) is 7.07. The highest BCUT2D eigenvalue weighted by molar-refractivity contribution is 5.83. The van der Waals surface area contributed by atoms with Gasteiger partial charge >= 0.3 is 0 Å². The zero-order chi connectivity index (χ0) is 14.5. The topological polar surface area (TPSA) is 55.1 Å². The third kappa shape index (κ3) is 3.22. The molecule has 0 fully saturated rings. The zero-order valence-electron chi connectivity index (χ0n) is 11.2. The van der Waals surface area contributed by atoms with Crippen molar-refractivity contribution in [2.24, 2.45) is 5.73 Å². The fourth-order valence-corrected chi connectivity index (χ4v) is 2.02. The molecule has 0 bridgehead atoms. The molecule has 104 valence electrons. The molecule has 2 rings (SSSR count). The monoisotopic (exact) mass is 272 g/mol. The first-order chi connectivity index (χ1) is 9.59. The lowest BCUT2D eigenvalue weighted by atomic mass is 10.0. The molecule has 1 amide bonds. The molecule has 3 nitrogen and oxygen atoms in total. The van der Waals surface area contributed by atoms with E-state index in [1.807, 2.05) is 18.2 Å². The van der Waals surface area contributed by atoms with Crippen LogP contribution >= 0.6 is 0 Å². The Morgan fingerprint density at radius 1 is 1.10 bits per heavy atom. The van der Waals surface area contributed by atoms with Gasteiger partial charge < -0.3 is 11.1 Å². The van der Waals surface area contributed by atoms with Gasteiger partial charge in [0, 0.05) is 5.56 Å². The van der Waals surface area contributed by atoms with Crippen molar-refractivity contribution in [1.82, 2.24) is 5.32 Å². The molecule has 2 aromatic rings. The Morgan fingerprint density at radius 2 is 1.70 bits per heavy atom. The molecule has 0 spiro atoms. The molecule has 0 radical (unpaired) electrons. The predicted octanol–water partition coefficient (Wildman–Crippen LogP) is 2.70. The van der Waals surface area contributed by atoms with Gasteiger partial charge in [0.05, 0.1) is 6.04 Å². The standard InChI is InChI=1S/C16H17FN2O/c1-11(13-9-5-6-10-14(13)17)19-16(20)15(18)12-7-3-2-4-8-12/h2-11,15H,18H2,1H3,(H,19,20)/t11?,15-/m1/s1. The van der Waals surface area contributed by atoms with Gasteiger partial charge in [-0.2, -0.15) is 0 Å². The minimum Gasteiger partial charge on any atom is -0.348 e. The van der Waals surface area contributed by atoms with E-state index in [0.29, 0.717) is 5.56 Å². The summed E-state index contributed by atoms with van der Waals surface area (Å²) in [6.07, 6.45) is 0. The second kappa shape index (κ2) is 6.30. The fraction of sp³-hybridized carbons (Fsp3) is 0.188. The van der Waals surface area contributed by atoms with E-state index in [0.717, 1.165) is 5.56 Å². The first-order valence-electron chi connectivity index (χ1n) is 6.45.